The van der Waals surface area contributed by atoms with E-state index in [-0.39, 0.29) is 33.7 Å². The van der Waals surface area contributed by atoms with Crippen LogP contribution in [0.15, 0.2) is 76.5 Å². The van der Waals surface area contributed by atoms with Crippen LogP contribution < -0.4 is 19.5 Å². The normalized spacial score (nSPS) is 11.7. The van der Waals surface area contributed by atoms with E-state index >= 15 is 0 Å². The van der Waals surface area contributed by atoms with Crippen molar-refractivity contribution in [2.45, 2.75) is 16.3 Å². The molecule has 0 spiro atoms. The maximum atomic E-state index is 12.6. The third-order valence-electron chi connectivity index (χ3n) is 5.10. The van der Waals surface area contributed by atoms with Crippen LogP contribution in [0.1, 0.15) is 5.56 Å². The minimum Gasteiger partial charge on any atom is -0.495 e. The number of hydrogen-bond donors (Lipinski definition) is 2. The standard InChI is InChI=1S/C24H26ClN3O7S2/c1-28(2)37(32,33)21-9-4-17(5-10-21)15-26-24(29)16-35-19-7-11-20(12-8-19)36(30,31)27-18-6-13-23(34-3)22(25)14-18/h4-14,27H,15-16H2,1-3H3,(H,26,29). The van der Waals surface area contributed by atoms with Crippen LogP contribution in [0, 0.1) is 0 Å². The summed E-state index contributed by atoms with van der Waals surface area (Å²) in [5.74, 6) is 0.322. The first kappa shape index (κ1) is 28.3. The summed E-state index contributed by atoms with van der Waals surface area (Å²) in [5, 5.41) is 2.94. The van der Waals surface area contributed by atoms with Gasteiger partial charge in [-0.05, 0) is 60.2 Å². The van der Waals surface area contributed by atoms with Crippen molar-refractivity contribution in [3.63, 3.8) is 0 Å². The molecule has 0 saturated heterocycles. The van der Waals surface area contributed by atoms with Crippen LogP contribution in [0.3, 0.4) is 0 Å². The van der Waals surface area contributed by atoms with Crippen molar-refractivity contribution in [3.8, 4) is 11.5 Å². The number of carbonyl (C=O) groups excluding carboxylic acids is 1. The Hall–Kier alpha value is -3.32. The summed E-state index contributed by atoms with van der Waals surface area (Å²) < 4.78 is 63.6. The molecular weight excluding hydrogens is 542 g/mol. The molecule has 0 aromatic heterocycles. The van der Waals surface area contributed by atoms with Crippen molar-refractivity contribution >= 4 is 43.2 Å². The number of halogens is 1. The van der Waals surface area contributed by atoms with Crippen LogP contribution >= 0.6 is 11.6 Å². The lowest BCUT2D eigenvalue weighted by Gasteiger charge is -2.12. The molecule has 0 bridgehead atoms. The maximum Gasteiger partial charge on any atom is 0.261 e. The summed E-state index contributed by atoms with van der Waals surface area (Å²) in [6.45, 7) is -0.107. The second kappa shape index (κ2) is 11.8. The van der Waals surface area contributed by atoms with Crippen molar-refractivity contribution < 1.29 is 31.1 Å². The summed E-state index contributed by atoms with van der Waals surface area (Å²) in [5.41, 5.74) is 0.989. The highest BCUT2D eigenvalue weighted by molar-refractivity contribution is 7.92. The van der Waals surface area contributed by atoms with Crippen molar-refractivity contribution in [1.29, 1.82) is 0 Å². The first-order valence-corrected chi connectivity index (χ1v) is 14.1. The number of ether oxygens (including phenoxy) is 2. The first-order chi connectivity index (χ1) is 17.4. The quantitative estimate of drug-likeness (QED) is 0.364. The molecule has 198 valence electrons. The molecule has 1 amide bonds. The van der Waals surface area contributed by atoms with E-state index in [1.165, 1.54) is 69.7 Å². The Labute approximate surface area is 221 Å². The second-order valence-corrected chi connectivity index (χ2v) is 12.2. The molecular formula is C24H26ClN3O7S2. The summed E-state index contributed by atoms with van der Waals surface area (Å²) in [4.78, 5) is 12.3. The molecule has 0 atom stereocenters. The van der Waals surface area contributed by atoms with Crippen molar-refractivity contribution in [2.75, 3.05) is 32.5 Å². The second-order valence-electron chi connectivity index (χ2n) is 7.92. The fourth-order valence-corrected chi connectivity index (χ4v) is 5.26. The van der Waals surface area contributed by atoms with E-state index in [9.17, 15) is 21.6 Å². The highest BCUT2D eigenvalue weighted by atomic mass is 35.5. The van der Waals surface area contributed by atoms with Gasteiger partial charge in [-0.1, -0.05) is 23.7 Å². The van der Waals surface area contributed by atoms with Gasteiger partial charge in [0.25, 0.3) is 15.9 Å². The lowest BCUT2D eigenvalue weighted by Crippen LogP contribution is -2.28. The van der Waals surface area contributed by atoms with Gasteiger partial charge in [0, 0.05) is 20.6 Å². The fourth-order valence-electron chi connectivity index (χ4n) is 3.05. The number of rotatable bonds is 11. The van der Waals surface area contributed by atoms with E-state index in [1.807, 2.05) is 0 Å². The van der Waals surface area contributed by atoms with Gasteiger partial charge in [0.15, 0.2) is 6.61 Å². The summed E-state index contributed by atoms with van der Waals surface area (Å²) in [7, 11) is -3.04. The molecule has 0 aliphatic heterocycles. The van der Waals surface area contributed by atoms with Gasteiger partial charge in [-0.15, -0.1) is 0 Å². The predicted octanol–water partition coefficient (Wildman–Crippen LogP) is 3.09. The van der Waals surface area contributed by atoms with Crippen molar-refractivity contribution in [1.82, 2.24) is 9.62 Å². The molecule has 0 aliphatic rings. The molecule has 0 fully saturated rings. The smallest absolute Gasteiger partial charge is 0.261 e. The number of nitrogens with zero attached hydrogens (tertiary/aromatic N) is 1. The lowest BCUT2D eigenvalue weighted by molar-refractivity contribution is -0.123. The molecule has 3 aromatic rings. The van der Waals surface area contributed by atoms with Crippen molar-refractivity contribution in [2.24, 2.45) is 0 Å². The Kier molecular flexibility index (Phi) is 9.02. The van der Waals surface area contributed by atoms with E-state index in [4.69, 9.17) is 21.1 Å². The molecule has 13 heteroatoms. The Bertz CT molecular complexity index is 1460. The van der Waals surface area contributed by atoms with Gasteiger partial charge in [0.2, 0.25) is 10.0 Å². The first-order valence-electron chi connectivity index (χ1n) is 10.8. The highest BCUT2D eigenvalue weighted by Crippen LogP contribution is 2.28. The Morgan fingerprint density at radius 1 is 0.919 bits per heavy atom. The zero-order chi connectivity index (χ0) is 27.2. The number of sulfonamides is 2. The van der Waals surface area contributed by atoms with Crippen molar-refractivity contribution in [3.05, 3.63) is 77.3 Å². The molecule has 37 heavy (non-hydrogen) atoms. The number of benzene rings is 3. The Morgan fingerprint density at radius 3 is 2.11 bits per heavy atom. The summed E-state index contributed by atoms with van der Waals surface area (Å²) in [6.07, 6.45) is 0. The van der Waals surface area contributed by atoms with E-state index in [0.717, 1.165) is 4.31 Å². The fraction of sp³-hybridized carbons (Fsp3) is 0.208. The Morgan fingerprint density at radius 2 is 1.54 bits per heavy atom. The molecule has 10 nitrogen and oxygen atoms in total. The number of nitrogens with one attached hydrogen (secondary N) is 2. The molecule has 2 N–H and O–H groups in total. The average molecular weight is 568 g/mol. The average Bonchev–Trinajstić information content (AvgIpc) is 2.86. The number of hydrogen-bond acceptors (Lipinski definition) is 7. The molecule has 0 radical (unpaired) electrons. The number of methoxy groups -OCH3 is 1. The van der Waals surface area contributed by atoms with Crippen LogP contribution in [0.25, 0.3) is 0 Å². The molecule has 0 saturated carbocycles. The van der Waals surface area contributed by atoms with Crippen LogP contribution in [0.5, 0.6) is 11.5 Å². The third-order valence-corrected chi connectivity index (χ3v) is 8.62. The van der Waals surface area contributed by atoms with Gasteiger partial charge in [-0.2, -0.15) is 0 Å². The van der Waals surface area contributed by atoms with Crippen LogP contribution in [-0.4, -0.2) is 54.9 Å². The highest BCUT2D eigenvalue weighted by Gasteiger charge is 2.17. The molecule has 0 heterocycles. The van der Waals surface area contributed by atoms with E-state index in [2.05, 4.69) is 10.0 Å². The lowest BCUT2D eigenvalue weighted by atomic mass is 10.2. The van der Waals surface area contributed by atoms with E-state index in [0.29, 0.717) is 17.1 Å². The van der Waals surface area contributed by atoms with Gasteiger partial charge in [0.1, 0.15) is 11.5 Å². The van der Waals surface area contributed by atoms with Gasteiger partial charge in [-0.25, -0.2) is 21.1 Å². The topological polar surface area (TPSA) is 131 Å². The zero-order valence-electron chi connectivity index (χ0n) is 20.3. The molecule has 3 aromatic carbocycles. The van der Waals surface area contributed by atoms with Gasteiger partial charge in [-0.3, -0.25) is 9.52 Å². The van der Waals surface area contributed by atoms with Crippen LogP contribution in [-0.2, 0) is 31.4 Å². The van der Waals surface area contributed by atoms with E-state index in [1.54, 1.807) is 18.2 Å². The molecule has 0 aliphatic carbocycles. The SMILES string of the molecule is COc1ccc(NS(=O)(=O)c2ccc(OCC(=O)NCc3ccc(S(=O)(=O)N(C)C)cc3)cc2)cc1Cl. The minimum absolute atomic E-state index is 0.00373. The minimum atomic E-state index is -3.88. The third kappa shape index (κ3) is 7.35. The number of anilines is 1. The van der Waals surface area contributed by atoms with Gasteiger partial charge in [0.05, 0.1) is 27.6 Å². The Balaban J connectivity index is 1.51. The van der Waals surface area contributed by atoms with Gasteiger partial charge >= 0.3 is 0 Å². The largest absolute Gasteiger partial charge is 0.495 e. The van der Waals surface area contributed by atoms with Gasteiger partial charge < -0.3 is 14.8 Å². The number of amides is 1. The van der Waals surface area contributed by atoms with Crippen LogP contribution in [0.2, 0.25) is 5.02 Å². The summed E-state index contributed by atoms with van der Waals surface area (Å²) in [6, 6.07) is 16.3. The predicted molar refractivity (Wildman–Crippen MR) is 140 cm³/mol. The zero-order valence-corrected chi connectivity index (χ0v) is 22.7. The maximum absolute atomic E-state index is 12.6. The van der Waals surface area contributed by atoms with E-state index < -0.39 is 26.0 Å². The number of carbonyl (C=O) groups is 1. The van der Waals surface area contributed by atoms with Crippen LogP contribution in [0.4, 0.5) is 5.69 Å². The molecule has 3 rings (SSSR count). The monoisotopic (exact) mass is 567 g/mol. The molecule has 0 unspecified atom stereocenters. The summed E-state index contributed by atoms with van der Waals surface area (Å²) >= 11 is 6.04.